The van der Waals surface area contributed by atoms with Gasteiger partial charge in [-0.3, -0.25) is 4.79 Å². The van der Waals surface area contributed by atoms with Crippen molar-refractivity contribution in [3.8, 4) is 5.75 Å². The topological polar surface area (TPSA) is 50.4 Å². The average molecular weight is 370 g/mol. The molecule has 0 aliphatic rings. The monoisotopic (exact) mass is 368 g/mol. The Kier molecular flexibility index (Phi) is 5.47. The Morgan fingerprint density at radius 3 is 2.76 bits per heavy atom. The zero-order valence-electron chi connectivity index (χ0n) is 11.3. The molecule has 2 N–H and O–H groups in total. The number of nitrogens with one attached hydrogen (secondary N) is 2. The van der Waals surface area contributed by atoms with E-state index in [2.05, 4.69) is 26.6 Å². The zero-order valence-corrected chi connectivity index (χ0v) is 13.7. The Bertz CT molecular complexity index is 649. The van der Waals surface area contributed by atoms with Gasteiger partial charge < -0.3 is 15.4 Å². The molecule has 1 amide bonds. The van der Waals surface area contributed by atoms with E-state index in [1.165, 1.54) is 0 Å². The molecule has 0 heterocycles. The summed E-state index contributed by atoms with van der Waals surface area (Å²) in [6.45, 7) is 0.122. The molecule has 0 saturated carbocycles. The second kappa shape index (κ2) is 7.33. The van der Waals surface area contributed by atoms with Gasteiger partial charge in [0, 0.05) is 9.50 Å². The van der Waals surface area contributed by atoms with Crippen LogP contribution in [0.1, 0.15) is 0 Å². The fourth-order valence-corrected chi connectivity index (χ4v) is 2.31. The van der Waals surface area contributed by atoms with Crippen molar-refractivity contribution in [1.29, 1.82) is 0 Å². The highest BCUT2D eigenvalue weighted by Crippen LogP contribution is 2.26. The van der Waals surface area contributed by atoms with Crippen molar-refractivity contribution in [2.75, 3.05) is 24.3 Å². The van der Waals surface area contributed by atoms with Crippen LogP contribution in [0.15, 0.2) is 46.9 Å². The molecule has 0 aliphatic heterocycles. The van der Waals surface area contributed by atoms with E-state index >= 15 is 0 Å². The maximum absolute atomic E-state index is 12.0. The van der Waals surface area contributed by atoms with Crippen molar-refractivity contribution in [1.82, 2.24) is 0 Å². The quantitative estimate of drug-likeness (QED) is 0.832. The molecule has 0 saturated heterocycles. The second-order valence-electron chi connectivity index (χ2n) is 4.23. The van der Waals surface area contributed by atoms with Gasteiger partial charge in [-0.2, -0.15) is 0 Å². The molecule has 0 unspecified atom stereocenters. The molecular formula is C15H14BrClN2O2. The lowest BCUT2D eigenvalue weighted by molar-refractivity contribution is -0.114. The maximum atomic E-state index is 12.0. The van der Waals surface area contributed by atoms with Crippen LogP contribution in [0.4, 0.5) is 11.4 Å². The summed E-state index contributed by atoms with van der Waals surface area (Å²) in [5.74, 6) is 0.446. The lowest BCUT2D eigenvalue weighted by Gasteiger charge is -2.11. The van der Waals surface area contributed by atoms with Crippen LogP contribution in [0, 0.1) is 0 Å². The number of anilines is 2. The van der Waals surface area contributed by atoms with Crippen LogP contribution in [-0.2, 0) is 4.79 Å². The van der Waals surface area contributed by atoms with Crippen LogP contribution in [0.5, 0.6) is 5.75 Å². The smallest absolute Gasteiger partial charge is 0.243 e. The lowest BCUT2D eigenvalue weighted by atomic mass is 10.3. The third kappa shape index (κ3) is 4.37. The SMILES string of the molecule is COc1ccccc1NC(=O)CNc1cc(Cl)ccc1Br. The van der Waals surface area contributed by atoms with Crippen molar-refractivity contribution in [2.45, 2.75) is 0 Å². The van der Waals surface area contributed by atoms with Crippen LogP contribution < -0.4 is 15.4 Å². The molecule has 21 heavy (non-hydrogen) atoms. The first-order valence-corrected chi connectivity index (χ1v) is 7.39. The molecule has 6 heteroatoms. The highest BCUT2D eigenvalue weighted by molar-refractivity contribution is 9.10. The van der Waals surface area contributed by atoms with Gasteiger partial charge in [-0.15, -0.1) is 0 Å². The Balaban J connectivity index is 1.97. The van der Waals surface area contributed by atoms with E-state index < -0.39 is 0 Å². The highest BCUT2D eigenvalue weighted by atomic mass is 79.9. The van der Waals surface area contributed by atoms with Crippen molar-refractivity contribution in [3.05, 3.63) is 52.0 Å². The summed E-state index contributed by atoms with van der Waals surface area (Å²) < 4.78 is 6.03. The minimum Gasteiger partial charge on any atom is -0.495 e. The van der Waals surface area contributed by atoms with Crippen LogP contribution in [-0.4, -0.2) is 19.6 Å². The fourth-order valence-electron chi connectivity index (χ4n) is 1.75. The molecule has 0 fully saturated rings. The summed E-state index contributed by atoms with van der Waals surface area (Å²) in [6.07, 6.45) is 0. The minimum absolute atomic E-state index is 0.122. The van der Waals surface area contributed by atoms with Gasteiger partial charge in [-0.05, 0) is 46.3 Å². The van der Waals surface area contributed by atoms with Crippen LogP contribution in [0.3, 0.4) is 0 Å². The number of hydrogen-bond donors (Lipinski definition) is 2. The van der Waals surface area contributed by atoms with E-state index in [4.69, 9.17) is 16.3 Å². The van der Waals surface area contributed by atoms with Gasteiger partial charge in [-0.1, -0.05) is 23.7 Å². The van der Waals surface area contributed by atoms with Crippen LogP contribution in [0.25, 0.3) is 0 Å². The van der Waals surface area contributed by atoms with Gasteiger partial charge in [0.2, 0.25) is 5.91 Å². The summed E-state index contributed by atoms with van der Waals surface area (Å²) in [6, 6.07) is 12.6. The summed E-state index contributed by atoms with van der Waals surface area (Å²) in [7, 11) is 1.56. The minimum atomic E-state index is -0.175. The molecule has 110 valence electrons. The van der Waals surface area contributed by atoms with Crippen molar-refractivity contribution < 1.29 is 9.53 Å². The Morgan fingerprint density at radius 1 is 1.24 bits per heavy atom. The molecule has 4 nitrogen and oxygen atoms in total. The maximum Gasteiger partial charge on any atom is 0.243 e. The van der Waals surface area contributed by atoms with Crippen molar-refractivity contribution >= 4 is 44.8 Å². The third-order valence-electron chi connectivity index (χ3n) is 2.75. The van der Waals surface area contributed by atoms with Gasteiger partial charge in [0.1, 0.15) is 5.75 Å². The third-order valence-corrected chi connectivity index (χ3v) is 3.68. The van der Waals surface area contributed by atoms with E-state index in [9.17, 15) is 4.79 Å². The molecule has 0 aromatic heterocycles. The predicted octanol–water partition coefficient (Wildman–Crippen LogP) is 4.16. The normalized spacial score (nSPS) is 10.0. The number of halogens is 2. The van der Waals surface area contributed by atoms with Crippen LogP contribution >= 0.6 is 27.5 Å². The molecule has 0 spiro atoms. The first-order chi connectivity index (χ1) is 10.1. The number of rotatable bonds is 5. The molecule has 2 rings (SSSR count). The van der Waals surface area contributed by atoms with Crippen molar-refractivity contribution in [2.24, 2.45) is 0 Å². The summed E-state index contributed by atoms with van der Waals surface area (Å²) in [4.78, 5) is 12.0. The van der Waals surface area contributed by atoms with Gasteiger partial charge in [-0.25, -0.2) is 0 Å². The first-order valence-electron chi connectivity index (χ1n) is 6.22. The van der Waals surface area contributed by atoms with E-state index in [0.717, 1.165) is 10.2 Å². The Morgan fingerprint density at radius 2 is 2.00 bits per heavy atom. The molecule has 0 atom stereocenters. The molecule has 2 aromatic carbocycles. The standard InChI is InChI=1S/C15H14BrClN2O2/c1-21-14-5-3-2-4-12(14)19-15(20)9-18-13-8-10(17)6-7-11(13)16/h2-8,18H,9H2,1H3,(H,19,20). The van der Waals surface area contributed by atoms with Gasteiger partial charge in [0.15, 0.2) is 0 Å². The van der Waals surface area contributed by atoms with Gasteiger partial charge in [0.05, 0.1) is 25.0 Å². The van der Waals surface area contributed by atoms with E-state index in [1.54, 1.807) is 31.4 Å². The second-order valence-corrected chi connectivity index (χ2v) is 5.52. The molecule has 0 bridgehead atoms. The molecule has 2 aromatic rings. The Hall–Kier alpha value is -1.72. The number of ether oxygens (including phenoxy) is 1. The number of amides is 1. The highest BCUT2D eigenvalue weighted by Gasteiger charge is 2.08. The summed E-state index contributed by atoms with van der Waals surface area (Å²) in [5, 5.41) is 6.42. The van der Waals surface area contributed by atoms with Crippen molar-refractivity contribution in [3.63, 3.8) is 0 Å². The molecule has 0 aliphatic carbocycles. The zero-order chi connectivity index (χ0) is 15.2. The number of hydrogen-bond acceptors (Lipinski definition) is 3. The number of carbonyl (C=O) groups is 1. The number of carbonyl (C=O) groups excluding carboxylic acids is 1. The number of benzene rings is 2. The Labute approximate surface area is 136 Å². The first kappa shape index (κ1) is 15.7. The van der Waals surface area contributed by atoms with Gasteiger partial charge >= 0.3 is 0 Å². The molecular weight excluding hydrogens is 356 g/mol. The molecule has 0 radical (unpaired) electrons. The van der Waals surface area contributed by atoms with Gasteiger partial charge in [0.25, 0.3) is 0 Å². The largest absolute Gasteiger partial charge is 0.495 e. The summed E-state index contributed by atoms with van der Waals surface area (Å²) >= 11 is 9.32. The fraction of sp³-hybridized carbons (Fsp3) is 0.133. The number of para-hydroxylation sites is 2. The summed E-state index contributed by atoms with van der Waals surface area (Å²) in [5.41, 5.74) is 1.40. The van der Waals surface area contributed by atoms with Crippen LogP contribution in [0.2, 0.25) is 5.02 Å². The van der Waals surface area contributed by atoms with E-state index in [0.29, 0.717) is 16.5 Å². The average Bonchev–Trinajstić information content (AvgIpc) is 2.49. The predicted molar refractivity (Wildman–Crippen MR) is 89.3 cm³/mol. The van der Waals surface area contributed by atoms with E-state index in [1.807, 2.05) is 18.2 Å². The lowest BCUT2D eigenvalue weighted by Crippen LogP contribution is -2.22. The number of methoxy groups -OCH3 is 1. The van der Waals surface area contributed by atoms with E-state index in [-0.39, 0.29) is 12.5 Å².